The second kappa shape index (κ2) is 17.7. The summed E-state index contributed by atoms with van der Waals surface area (Å²) in [6, 6.07) is 19.0. The summed E-state index contributed by atoms with van der Waals surface area (Å²) < 4.78 is 19.8. The molecule has 4 rings (SSSR count). The summed E-state index contributed by atoms with van der Waals surface area (Å²) in [5.41, 5.74) is 3.94. The van der Waals surface area contributed by atoms with Crippen molar-refractivity contribution in [3.63, 3.8) is 0 Å². The molecule has 49 heavy (non-hydrogen) atoms. The van der Waals surface area contributed by atoms with Gasteiger partial charge in [-0.25, -0.2) is 4.79 Å². The third-order valence-corrected chi connectivity index (χ3v) is 8.31. The van der Waals surface area contributed by atoms with Gasteiger partial charge in [-0.1, -0.05) is 37.1 Å². The first-order chi connectivity index (χ1) is 23.6. The Morgan fingerprint density at radius 1 is 0.714 bits per heavy atom. The van der Waals surface area contributed by atoms with Gasteiger partial charge in [-0.3, -0.25) is 19.0 Å². The van der Waals surface area contributed by atoms with Gasteiger partial charge in [0.2, 0.25) is 0 Å². The smallest absolute Gasteiger partial charge is 0.330 e. The molecular weight excluding hydrogens is 628 g/mol. The van der Waals surface area contributed by atoms with E-state index in [4.69, 9.17) is 19.3 Å². The van der Waals surface area contributed by atoms with E-state index in [2.05, 4.69) is 0 Å². The minimum absolute atomic E-state index is 0.0122. The van der Waals surface area contributed by atoms with Crippen molar-refractivity contribution in [1.82, 2.24) is 9.13 Å². The molecule has 0 fully saturated rings. The van der Waals surface area contributed by atoms with E-state index in [0.29, 0.717) is 42.1 Å². The molecule has 11 heteroatoms. The van der Waals surface area contributed by atoms with Crippen molar-refractivity contribution in [1.29, 1.82) is 0 Å². The Morgan fingerprint density at radius 2 is 1.41 bits per heavy atom. The van der Waals surface area contributed by atoms with E-state index in [1.807, 2.05) is 60.7 Å². The summed E-state index contributed by atoms with van der Waals surface area (Å²) in [6.07, 6.45) is 6.60. The van der Waals surface area contributed by atoms with E-state index < -0.39 is 17.6 Å². The Bertz CT molecular complexity index is 1860. The van der Waals surface area contributed by atoms with Crippen LogP contribution in [0.1, 0.15) is 56.1 Å². The number of rotatable bonds is 19. The topological polar surface area (TPSA) is 146 Å². The number of aryl methyl sites for hydroxylation is 2. The number of carboxylic acid groups (broad SMARTS) is 2. The molecular formula is C38H44N2O9. The molecule has 0 bridgehead atoms. The van der Waals surface area contributed by atoms with Gasteiger partial charge in [0.1, 0.15) is 17.2 Å². The molecule has 0 atom stereocenters. The van der Waals surface area contributed by atoms with Crippen molar-refractivity contribution in [3.8, 4) is 39.5 Å². The largest absolute Gasteiger partial charge is 0.497 e. The maximum atomic E-state index is 13.1. The fraction of sp³-hybridized carbons (Fsp3) is 0.368. The minimum Gasteiger partial charge on any atom is -0.497 e. The Hall–Kier alpha value is -5.32. The third kappa shape index (κ3) is 10.3. The molecule has 1 aromatic heterocycles. The molecule has 0 aliphatic carbocycles. The molecule has 0 spiro atoms. The van der Waals surface area contributed by atoms with E-state index >= 15 is 0 Å². The van der Waals surface area contributed by atoms with Crippen LogP contribution >= 0.6 is 0 Å². The molecule has 0 saturated heterocycles. The SMILES string of the molecule is COc1ccc(-c2cc(OCCCCCCc3cccc(OCCCC(=O)O)c3CCC(=O)O)cc(-c3cn(C)c(=O)n(C)c3=O)c2)cc1. The molecule has 0 aliphatic heterocycles. The predicted octanol–water partition coefficient (Wildman–Crippen LogP) is 5.87. The number of ether oxygens (including phenoxy) is 3. The van der Waals surface area contributed by atoms with Gasteiger partial charge in [-0.05, 0) is 96.3 Å². The fourth-order valence-corrected chi connectivity index (χ4v) is 5.66. The lowest BCUT2D eigenvalue weighted by molar-refractivity contribution is -0.138. The lowest BCUT2D eigenvalue weighted by atomic mass is 9.97. The fourth-order valence-electron chi connectivity index (χ4n) is 5.66. The number of carboxylic acids is 2. The maximum absolute atomic E-state index is 13.1. The summed E-state index contributed by atoms with van der Waals surface area (Å²) in [6.45, 7) is 0.725. The number of unbranched alkanes of at least 4 members (excludes halogenated alkanes) is 3. The molecule has 11 nitrogen and oxygen atoms in total. The van der Waals surface area contributed by atoms with E-state index in [9.17, 15) is 24.3 Å². The lowest BCUT2D eigenvalue weighted by Gasteiger charge is -2.15. The summed E-state index contributed by atoms with van der Waals surface area (Å²) in [7, 11) is 4.69. The van der Waals surface area contributed by atoms with Gasteiger partial charge in [0, 0.05) is 33.1 Å². The average Bonchev–Trinajstić information content (AvgIpc) is 3.09. The summed E-state index contributed by atoms with van der Waals surface area (Å²) in [5.74, 6) is 0.194. The highest BCUT2D eigenvalue weighted by atomic mass is 16.5. The van der Waals surface area contributed by atoms with Crippen LogP contribution < -0.4 is 25.5 Å². The van der Waals surface area contributed by atoms with Gasteiger partial charge in [-0.2, -0.15) is 0 Å². The Balaban J connectivity index is 1.39. The van der Waals surface area contributed by atoms with Crippen LogP contribution in [0.25, 0.3) is 22.3 Å². The molecule has 260 valence electrons. The number of aromatic nitrogens is 2. The van der Waals surface area contributed by atoms with Crippen LogP contribution in [0.5, 0.6) is 17.2 Å². The Kier molecular flexibility index (Phi) is 13.2. The van der Waals surface area contributed by atoms with Crippen LogP contribution in [0.4, 0.5) is 0 Å². The lowest BCUT2D eigenvalue weighted by Crippen LogP contribution is -2.37. The summed E-state index contributed by atoms with van der Waals surface area (Å²) in [5, 5.41) is 18.2. The standard InChI is InChI=1S/C38H44N2O9/c1-39-25-33(37(45)40(2)38(39)46)29-22-28(26-14-16-30(47-3)17-15-26)23-31(24-29)48-20-7-5-4-6-10-27-11-8-12-34(32(27)18-19-36(43)44)49-21-9-13-35(41)42/h8,11-12,14-17,22-25H,4-7,9-10,13,18-21H2,1-3H3,(H,41,42)(H,43,44). The monoisotopic (exact) mass is 672 g/mol. The van der Waals surface area contributed by atoms with E-state index in [1.54, 1.807) is 20.4 Å². The number of aliphatic carboxylic acids is 2. The van der Waals surface area contributed by atoms with Gasteiger partial charge in [0.15, 0.2) is 0 Å². The number of hydrogen-bond donors (Lipinski definition) is 2. The minimum atomic E-state index is -0.884. The zero-order chi connectivity index (χ0) is 35.3. The first kappa shape index (κ1) is 36.5. The van der Waals surface area contributed by atoms with Crippen LogP contribution in [0.15, 0.2) is 76.4 Å². The van der Waals surface area contributed by atoms with E-state index in [0.717, 1.165) is 64.7 Å². The van der Waals surface area contributed by atoms with Gasteiger partial charge >= 0.3 is 17.6 Å². The highest BCUT2D eigenvalue weighted by Gasteiger charge is 2.14. The molecule has 1 heterocycles. The van der Waals surface area contributed by atoms with Gasteiger partial charge in [0.25, 0.3) is 5.56 Å². The quantitative estimate of drug-likeness (QED) is 0.117. The normalized spacial score (nSPS) is 10.9. The third-order valence-electron chi connectivity index (χ3n) is 8.31. The van der Waals surface area contributed by atoms with Crippen molar-refractivity contribution in [2.75, 3.05) is 20.3 Å². The number of benzene rings is 3. The molecule has 0 amide bonds. The van der Waals surface area contributed by atoms with Crippen molar-refractivity contribution in [3.05, 3.63) is 98.8 Å². The van der Waals surface area contributed by atoms with Crippen molar-refractivity contribution < 1.29 is 34.0 Å². The van der Waals surface area contributed by atoms with E-state index in [1.165, 1.54) is 11.6 Å². The number of hydrogen-bond acceptors (Lipinski definition) is 7. The van der Waals surface area contributed by atoms with E-state index in [-0.39, 0.29) is 25.0 Å². The van der Waals surface area contributed by atoms with Crippen LogP contribution in [0.3, 0.4) is 0 Å². The Labute approximate surface area is 285 Å². The second-order valence-corrected chi connectivity index (χ2v) is 11.9. The van der Waals surface area contributed by atoms with Crippen LogP contribution in [-0.4, -0.2) is 51.6 Å². The molecule has 0 unspecified atom stereocenters. The van der Waals surface area contributed by atoms with Crippen molar-refractivity contribution in [2.24, 2.45) is 14.1 Å². The van der Waals surface area contributed by atoms with Crippen molar-refractivity contribution in [2.45, 2.75) is 57.8 Å². The highest BCUT2D eigenvalue weighted by molar-refractivity contribution is 5.75. The molecule has 0 radical (unpaired) electrons. The molecule has 0 aliphatic rings. The van der Waals surface area contributed by atoms with Crippen molar-refractivity contribution >= 4 is 11.9 Å². The van der Waals surface area contributed by atoms with Crippen LogP contribution in [0.2, 0.25) is 0 Å². The molecule has 2 N–H and O–H groups in total. The number of carbonyl (C=O) groups is 2. The molecule has 0 saturated carbocycles. The first-order valence-corrected chi connectivity index (χ1v) is 16.4. The summed E-state index contributed by atoms with van der Waals surface area (Å²) in [4.78, 5) is 47.5. The maximum Gasteiger partial charge on any atom is 0.330 e. The van der Waals surface area contributed by atoms with Gasteiger partial charge in [-0.15, -0.1) is 0 Å². The van der Waals surface area contributed by atoms with Gasteiger partial charge < -0.3 is 29.0 Å². The molecule has 3 aromatic carbocycles. The average molecular weight is 673 g/mol. The zero-order valence-corrected chi connectivity index (χ0v) is 28.3. The highest BCUT2D eigenvalue weighted by Crippen LogP contribution is 2.32. The number of nitrogens with zero attached hydrogens (tertiary/aromatic N) is 2. The second-order valence-electron chi connectivity index (χ2n) is 11.9. The number of methoxy groups -OCH3 is 1. The van der Waals surface area contributed by atoms with Crippen LogP contribution in [0, 0.1) is 0 Å². The first-order valence-electron chi connectivity index (χ1n) is 16.4. The van der Waals surface area contributed by atoms with Crippen LogP contribution in [-0.2, 0) is 36.5 Å². The molecule has 4 aromatic rings. The zero-order valence-electron chi connectivity index (χ0n) is 28.3. The van der Waals surface area contributed by atoms with Gasteiger partial charge in [0.05, 0.1) is 25.9 Å². The predicted molar refractivity (Wildman–Crippen MR) is 187 cm³/mol. The Morgan fingerprint density at radius 3 is 2.12 bits per heavy atom. The summed E-state index contributed by atoms with van der Waals surface area (Å²) >= 11 is 0.